The molecule has 1 saturated heterocycles. The van der Waals surface area contributed by atoms with Gasteiger partial charge in [0.25, 0.3) is 5.91 Å². The maximum absolute atomic E-state index is 11.9. The molecule has 21 heavy (non-hydrogen) atoms. The third-order valence-electron chi connectivity index (χ3n) is 3.30. The Hall–Kier alpha value is -1.21. The summed E-state index contributed by atoms with van der Waals surface area (Å²) < 4.78 is 5.30. The number of thiocarbonyl (C=S) groups is 1. The smallest absolute Gasteiger partial charge is 0.257 e. The van der Waals surface area contributed by atoms with E-state index in [2.05, 4.69) is 10.6 Å². The number of carbonyl (C=O) groups excluding carboxylic acids is 1. The number of benzene rings is 1. The van der Waals surface area contributed by atoms with Crippen molar-refractivity contribution < 1.29 is 14.4 Å². The number of amides is 1. The normalized spacial score (nSPS) is 15.5. The van der Waals surface area contributed by atoms with Crippen LogP contribution in [0.1, 0.15) is 10.4 Å². The molecule has 0 spiro atoms. The molecule has 7 heteroatoms. The van der Waals surface area contributed by atoms with Gasteiger partial charge in [-0.05, 0) is 36.5 Å². The van der Waals surface area contributed by atoms with Crippen LogP contribution < -0.4 is 15.5 Å². The molecular formula is C14H19ClN3O2S+. The van der Waals surface area contributed by atoms with Crippen molar-refractivity contribution in [2.24, 2.45) is 0 Å². The number of morpholine rings is 1. The minimum absolute atomic E-state index is 0.233. The predicted octanol–water partition coefficient (Wildman–Crippen LogP) is -0.141. The van der Waals surface area contributed by atoms with E-state index in [0.29, 0.717) is 15.7 Å². The van der Waals surface area contributed by atoms with Gasteiger partial charge in [0.2, 0.25) is 0 Å². The molecule has 1 aliphatic heterocycles. The van der Waals surface area contributed by atoms with Crippen molar-refractivity contribution in [1.29, 1.82) is 0 Å². The van der Waals surface area contributed by atoms with Crippen molar-refractivity contribution in [3.63, 3.8) is 0 Å². The van der Waals surface area contributed by atoms with Gasteiger partial charge in [-0.2, -0.15) is 0 Å². The monoisotopic (exact) mass is 328 g/mol. The fourth-order valence-corrected chi connectivity index (χ4v) is 2.40. The van der Waals surface area contributed by atoms with E-state index in [1.54, 1.807) is 24.3 Å². The lowest BCUT2D eigenvalue weighted by molar-refractivity contribution is -0.906. The molecule has 114 valence electrons. The number of ether oxygens (including phenoxy) is 1. The second-order valence-electron chi connectivity index (χ2n) is 4.83. The third kappa shape index (κ3) is 5.59. The Morgan fingerprint density at radius 2 is 1.95 bits per heavy atom. The molecule has 0 atom stereocenters. The molecular weight excluding hydrogens is 310 g/mol. The molecule has 0 bridgehead atoms. The van der Waals surface area contributed by atoms with Crippen molar-refractivity contribution in [1.82, 2.24) is 10.6 Å². The van der Waals surface area contributed by atoms with Crippen LogP contribution in [-0.4, -0.2) is 50.4 Å². The zero-order chi connectivity index (χ0) is 15.1. The van der Waals surface area contributed by atoms with Gasteiger partial charge in [-0.3, -0.25) is 10.1 Å². The van der Waals surface area contributed by atoms with E-state index >= 15 is 0 Å². The van der Waals surface area contributed by atoms with Crippen molar-refractivity contribution >= 4 is 34.8 Å². The first kappa shape index (κ1) is 16.2. The third-order valence-corrected chi connectivity index (χ3v) is 3.80. The fourth-order valence-electron chi connectivity index (χ4n) is 2.08. The maximum Gasteiger partial charge on any atom is 0.257 e. The second kappa shape index (κ2) is 8.29. The summed E-state index contributed by atoms with van der Waals surface area (Å²) in [7, 11) is 0. The quantitative estimate of drug-likeness (QED) is 0.674. The lowest BCUT2D eigenvalue weighted by atomic mass is 10.2. The van der Waals surface area contributed by atoms with E-state index in [0.717, 1.165) is 39.4 Å². The van der Waals surface area contributed by atoms with E-state index in [4.69, 9.17) is 28.6 Å². The van der Waals surface area contributed by atoms with Crippen molar-refractivity contribution in [2.45, 2.75) is 0 Å². The van der Waals surface area contributed by atoms with E-state index in [9.17, 15) is 4.79 Å². The average Bonchev–Trinajstić information content (AvgIpc) is 2.49. The highest BCUT2D eigenvalue weighted by Crippen LogP contribution is 2.09. The number of hydrogen-bond donors (Lipinski definition) is 3. The predicted molar refractivity (Wildman–Crippen MR) is 85.9 cm³/mol. The van der Waals surface area contributed by atoms with Crippen LogP contribution >= 0.6 is 23.8 Å². The fraction of sp³-hybridized carbons (Fsp3) is 0.429. The molecule has 2 rings (SSSR count). The van der Waals surface area contributed by atoms with Gasteiger partial charge < -0.3 is 15.0 Å². The number of carbonyl (C=O) groups is 1. The molecule has 1 aliphatic rings. The zero-order valence-electron chi connectivity index (χ0n) is 11.7. The number of halogens is 1. The molecule has 1 heterocycles. The molecule has 0 unspecified atom stereocenters. The van der Waals surface area contributed by atoms with Gasteiger partial charge in [0.1, 0.15) is 13.1 Å². The molecule has 0 radical (unpaired) electrons. The first-order chi connectivity index (χ1) is 10.1. The van der Waals surface area contributed by atoms with Gasteiger partial charge >= 0.3 is 0 Å². The number of quaternary nitrogens is 1. The number of nitrogens with one attached hydrogen (secondary N) is 3. The average molecular weight is 329 g/mol. The summed E-state index contributed by atoms with van der Waals surface area (Å²) in [4.78, 5) is 13.4. The Morgan fingerprint density at radius 3 is 2.62 bits per heavy atom. The van der Waals surface area contributed by atoms with Crippen LogP contribution in [0, 0.1) is 0 Å². The minimum atomic E-state index is -0.233. The van der Waals surface area contributed by atoms with Crippen LogP contribution in [0.15, 0.2) is 24.3 Å². The van der Waals surface area contributed by atoms with Crippen LogP contribution in [-0.2, 0) is 4.74 Å². The highest BCUT2D eigenvalue weighted by molar-refractivity contribution is 7.80. The second-order valence-corrected chi connectivity index (χ2v) is 5.67. The number of rotatable bonds is 4. The highest BCUT2D eigenvalue weighted by Gasteiger charge is 2.13. The molecule has 1 fully saturated rings. The summed E-state index contributed by atoms with van der Waals surface area (Å²) in [6, 6.07) is 6.68. The van der Waals surface area contributed by atoms with Crippen LogP contribution in [0.25, 0.3) is 0 Å². The molecule has 1 amide bonds. The van der Waals surface area contributed by atoms with Crippen LogP contribution in [0.2, 0.25) is 5.02 Å². The van der Waals surface area contributed by atoms with Gasteiger partial charge in [-0.25, -0.2) is 0 Å². The zero-order valence-corrected chi connectivity index (χ0v) is 13.2. The Morgan fingerprint density at radius 1 is 1.29 bits per heavy atom. The van der Waals surface area contributed by atoms with Crippen LogP contribution in [0.3, 0.4) is 0 Å². The van der Waals surface area contributed by atoms with E-state index in [1.165, 1.54) is 4.90 Å². The van der Waals surface area contributed by atoms with Crippen LogP contribution in [0.4, 0.5) is 0 Å². The number of hydrogen-bond acceptors (Lipinski definition) is 3. The Balaban J connectivity index is 1.68. The SMILES string of the molecule is O=C(NC(=S)NCC[NH+]1CCOCC1)c1ccc(Cl)cc1. The van der Waals surface area contributed by atoms with Crippen molar-refractivity contribution in [3.8, 4) is 0 Å². The lowest BCUT2D eigenvalue weighted by Crippen LogP contribution is -3.14. The van der Waals surface area contributed by atoms with Gasteiger partial charge in [0, 0.05) is 10.6 Å². The van der Waals surface area contributed by atoms with Crippen molar-refractivity contribution in [3.05, 3.63) is 34.9 Å². The summed E-state index contributed by atoms with van der Waals surface area (Å²) in [5, 5.41) is 6.66. The lowest BCUT2D eigenvalue weighted by Gasteiger charge is -2.23. The summed E-state index contributed by atoms with van der Waals surface area (Å²) >= 11 is 10.9. The van der Waals surface area contributed by atoms with E-state index < -0.39 is 0 Å². The molecule has 0 aliphatic carbocycles. The highest BCUT2D eigenvalue weighted by atomic mass is 35.5. The van der Waals surface area contributed by atoms with Gasteiger partial charge in [0.05, 0.1) is 26.3 Å². The molecule has 1 aromatic carbocycles. The molecule has 0 aromatic heterocycles. The summed E-state index contributed by atoms with van der Waals surface area (Å²) in [6.07, 6.45) is 0. The topological polar surface area (TPSA) is 54.8 Å². The van der Waals surface area contributed by atoms with Crippen LogP contribution in [0.5, 0.6) is 0 Å². The van der Waals surface area contributed by atoms with Gasteiger partial charge in [-0.15, -0.1) is 0 Å². The van der Waals surface area contributed by atoms with E-state index in [1.807, 2.05) is 0 Å². The summed E-state index contributed by atoms with van der Waals surface area (Å²) in [5.74, 6) is -0.233. The van der Waals surface area contributed by atoms with Gasteiger partial charge in [-0.1, -0.05) is 11.6 Å². The largest absolute Gasteiger partial charge is 0.370 e. The summed E-state index contributed by atoms with van der Waals surface area (Å²) in [5.41, 5.74) is 0.530. The molecule has 3 N–H and O–H groups in total. The molecule has 5 nitrogen and oxygen atoms in total. The van der Waals surface area contributed by atoms with Crippen molar-refractivity contribution in [2.75, 3.05) is 39.4 Å². The van der Waals surface area contributed by atoms with E-state index in [-0.39, 0.29) is 5.91 Å². The molecule has 0 saturated carbocycles. The molecule has 1 aromatic rings. The summed E-state index contributed by atoms with van der Waals surface area (Å²) in [6.45, 7) is 5.35. The van der Waals surface area contributed by atoms with Gasteiger partial charge in [0.15, 0.2) is 5.11 Å². The minimum Gasteiger partial charge on any atom is -0.370 e. The maximum atomic E-state index is 11.9. The first-order valence-corrected chi connectivity index (χ1v) is 7.70. The Bertz CT molecular complexity index is 489. The Kier molecular flexibility index (Phi) is 6.38. The standard InChI is InChI=1S/C14H18ClN3O2S/c15-12-3-1-11(2-4-12)13(19)17-14(21)16-5-6-18-7-9-20-10-8-18/h1-4H,5-10H2,(H2,16,17,19,21)/p+1. The first-order valence-electron chi connectivity index (χ1n) is 6.91. The Labute approximate surface area is 134 Å².